The van der Waals surface area contributed by atoms with Gasteiger partial charge in [0.2, 0.25) is 5.91 Å². The summed E-state index contributed by atoms with van der Waals surface area (Å²) in [7, 11) is 0. The maximum Gasteiger partial charge on any atom is 0.219 e. The fraction of sp³-hybridized carbons (Fsp3) is 0.917. The fourth-order valence-electron chi connectivity index (χ4n) is 2.04. The number of unbranched alkanes of at least 4 members (excludes halogenated alkanes) is 1. The van der Waals surface area contributed by atoms with Crippen LogP contribution in [0.2, 0.25) is 0 Å². The van der Waals surface area contributed by atoms with E-state index in [2.05, 4.69) is 11.8 Å². The zero-order chi connectivity index (χ0) is 11.1. The van der Waals surface area contributed by atoms with Gasteiger partial charge in [-0.25, -0.2) is 0 Å². The van der Waals surface area contributed by atoms with Gasteiger partial charge in [0.25, 0.3) is 0 Å². The number of hydrogen-bond acceptors (Lipinski definition) is 2. The van der Waals surface area contributed by atoms with Crippen LogP contribution < -0.4 is 0 Å². The number of carbonyl (C=O) groups is 1. The van der Waals surface area contributed by atoms with Gasteiger partial charge >= 0.3 is 0 Å². The van der Waals surface area contributed by atoms with Crippen molar-refractivity contribution in [1.82, 2.24) is 9.80 Å². The van der Waals surface area contributed by atoms with E-state index in [-0.39, 0.29) is 5.91 Å². The number of rotatable bonds is 6. The molecule has 0 bridgehead atoms. The van der Waals surface area contributed by atoms with E-state index in [4.69, 9.17) is 0 Å². The average molecular weight is 212 g/mol. The third kappa shape index (κ3) is 4.65. The Labute approximate surface area is 93.4 Å². The highest BCUT2D eigenvalue weighted by Crippen LogP contribution is 2.07. The Morgan fingerprint density at radius 2 is 1.93 bits per heavy atom. The molecule has 0 aromatic carbocycles. The van der Waals surface area contributed by atoms with Crippen molar-refractivity contribution in [3.05, 3.63) is 0 Å². The molecule has 0 atom stereocenters. The standard InChI is InChI=1S/C12H24N2O/c1-3-4-9-14(12(2)15)11-10-13-7-5-6-8-13/h3-11H2,1-2H3. The second kappa shape index (κ2) is 6.83. The van der Waals surface area contributed by atoms with Gasteiger partial charge in [-0.1, -0.05) is 13.3 Å². The first-order valence-corrected chi connectivity index (χ1v) is 6.22. The van der Waals surface area contributed by atoms with Crippen LogP contribution >= 0.6 is 0 Å². The molecule has 1 saturated heterocycles. The van der Waals surface area contributed by atoms with E-state index in [1.165, 1.54) is 25.9 Å². The van der Waals surface area contributed by atoms with E-state index in [0.29, 0.717) is 0 Å². The summed E-state index contributed by atoms with van der Waals surface area (Å²) in [5.74, 6) is 0.225. The van der Waals surface area contributed by atoms with Crippen LogP contribution in [0.5, 0.6) is 0 Å². The first kappa shape index (κ1) is 12.5. The molecule has 3 nitrogen and oxygen atoms in total. The van der Waals surface area contributed by atoms with E-state index < -0.39 is 0 Å². The molecule has 88 valence electrons. The van der Waals surface area contributed by atoms with Crippen molar-refractivity contribution in [1.29, 1.82) is 0 Å². The van der Waals surface area contributed by atoms with E-state index in [9.17, 15) is 4.79 Å². The number of amides is 1. The number of carbonyl (C=O) groups excluding carboxylic acids is 1. The van der Waals surface area contributed by atoms with Gasteiger partial charge in [0, 0.05) is 26.6 Å². The number of likely N-dealkylation sites (tertiary alicyclic amines) is 1. The van der Waals surface area contributed by atoms with Gasteiger partial charge in [0.1, 0.15) is 0 Å². The Hall–Kier alpha value is -0.570. The van der Waals surface area contributed by atoms with Crippen LogP contribution in [0.3, 0.4) is 0 Å². The maximum atomic E-state index is 11.4. The monoisotopic (exact) mass is 212 g/mol. The van der Waals surface area contributed by atoms with Crippen molar-refractivity contribution in [3.63, 3.8) is 0 Å². The van der Waals surface area contributed by atoms with Crippen molar-refractivity contribution in [2.75, 3.05) is 32.7 Å². The largest absolute Gasteiger partial charge is 0.342 e. The van der Waals surface area contributed by atoms with Gasteiger partial charge < -0.3 is 9.80 Å². The van der Waals surface area contributed by atoms with Crippen LogP contribution in [0.4, 0.5) is 0 Å². The van der Waals surface area contributed by atoms with Crippen LogP contribution in [0, 0.1) is 0 Å². The first-order valence-electron chi connectivity index (χ1n) is 6.22. The van der Waals surface area contributed by atoms with Gasteiger partial charge in [0.05, 0.1) is 0 Å². The lowest BCUT2D eigenvalue weighted by Gasteiger charge is -2.24. The predicted molar refractivity (Wildman–Crippen MR) is 62.8 cm³/mol. The Balaban J connectivity index is 2.20. The molecule has 0 aromatic rings. The lowest BCUT2D eigenvalue weighted by atomic mass is 10.3. The Morgan fingerprint density at radius 1 is 1.27 bits per heavy atom. The topological polar surface area (TPSA) is 23.6 Å². The molecule has 1 rings (SSSR count). The van der Waals surface area contributed by atoms with Crippen molar-refractivity contribution in [2.24, 2.45) is 0 Å². The van der Waals surface area contributed by atoms with Gasteiger partial charge in [-0.05, 0) is 32.4 Å². The smallest absolute Gasteiger partial charge is 0.219 e. The summed E-state index contributed by atoms with van der Waals surface area (Å²) < 4.78 is 0. The summed E-state index contributed by atoms with van der Waals surface area (Å²) in [5, 5.41) is 0. The summed E-state index contributed by atoms with van der Waals surface area (Å²) in [6.45, 7) is 9.19. The minimum Gasteiger partial charge on any atom is -0.342 e. The Morgan fingerprint density at radius 3 is 2.47 bits per heavy atom. The molecule has 1 heterocycles. The number of nitrogens with zero attached hydrogens (tertiary/aromatic N) is 2. The Kier molecular flexibility index (Phi) is 5.69. The van der Waals surface area contributed by atoms with Crippen LogP contribution in [0.15, 0.2) is 0 Å². The van der Waals surface area contributed by atoms with Crippen LogP contribution in [-0.4, -0.2) is 48.4 Å². The van der Waals surface area contributed by atoms with Crippen molar-refractivity contribution in [3.8, 4) is 0 Å². The van der Waals surface area contributed by atoms with Gasteiger partial charge in [-0.3, -0.25) is 4.79 Å². The maximum absolute atomic E-state index is 11.4. The quantitative estimate of drug-likeness (QED) is 0.669. The fourth-order valence-corrected chi connectivity index (χ4v) is 2.04. The minimum atomic E-state index is 0.225. The molecule has 1 fully saturated rings. The van der Waals surface area contributed by atoms with Gasteiger partial charge in [-0.15, -0.1) is 0 Å². The molecule has 0 saturated carbocycles. The molecular formula is C12H24N2O. The minimum absolute atomic E-state index is 0.225. The molecule has 3 heteroatoms. The average Bonchev–Trinajstić information content (AvgIpc) is 2.70. The summed E-state index contributed by atoms with van der Waals surface area (Å²) >= 11 is 0. The van der Waals surface area contributed by atoms with E-state index in [0.717, 1.165) is 32.5 Å². The molecule has 0 radical (unpaired) electrons. The molecule has 1 aliphatic heterocycles. The third-order valence-electron chi connectivity index (χ3n) is 3.11. The summed E-state index contributed by atoms with van der Waals surface area (Å²) in [4.78, 5) is 15.8. The molecule has 0 spiro atoms. The van der Waals surface area contributed by atoms with E-state index >= 15 is 0 Å². The highest BCUT2D eigenvalue weighted by Gasteiger charge is 2.14. The number of hydrogen-bond donors (Lipinski definition) is 0. The molecule has 0 N–H and O–H groups in total. The predicted octanol–water partition coefficient (Wildman–Crippen LogP) is 1.73. The Bertz CT molecular complexity index is 188. The van der Waals surface area contributed by atoms with Crippen LogP contribution in [0.25, 0.3) is 0 Å². The lowest BCUT2D eigenvalue weighted by Crippen LogP contribution is -2.37. The van der Waals surface area contributed by atoms with Crippen LogP contribution in [-0.2, 0) is 4.79 Å². The highest BCUT2D eigenvalue weighted by atomic mass is 16.2. The normalized spacial score (nSPS) is 16.9. The molecule has 0 aliphatic carbocycles. The highest BCUT2D eigenvalue weighted by molar-refractivity contribution is 5.73. The van der Waals surface area contributed by atoms with Gasteiger partial charge in [-0.2, -0.15) is 0 Å². The van der Waals surface area contributed by atoms with Crippen molar-refractivity contribution >= 4 is 5.91 Å². The molecule has 15 heavy (non-hydrogen) atoms. The second-order valence-electron chi connectivity index (χ2n) is 4.41. The van der Waals surface area contributed by atoms with Gasteiger partial charge in [0.15, 0.2) is 0 Å². The molecule has 0 unspecified atom stereocenters. The summed E-state index contributed by atoms with van der Waals surface area (Å²) in [6.07, 6.45) is 4.94. The molecule has 1 amide bonds. The summed E-state index contributed by atoms with van der Waals surface area (Å²) in [5.41, 5.74) is 0. The van der Waals surface area contributed by atoms with E-state index in [1.807, 2.05) is 4.90 Å². The molecular weight excluding hydrogens is 188 g/mol. The first-order chi connectivity index (χ1) is 7.24. The van der Waals surface area contributed by atoms with E-state index in [1.54, 1.807) is 6.92 Å². The molecule has 1 aliphatic rings. The molecule has 0 aromatic heterocycles. The van der Waals surface area contributed by atoms with Crippen molar-refractivity contribution < 1.29 is 4.79 Å². The van der Waals surface area contributed by atoms with Crippen molar-refractivity contribution in [2.45, 2.75) is 39.5 Å². The van der Waals surface area contributed by atoms with Crippen LogP contribution in [0.1, 0.15) is 39.5 Å². The SMILES string of the molecule is CCCCN(CCN1CCCC1)C(C)=O. The second-order valence-corrected chi connectivity index (χ2v) is 4.41. The zero-order valence-corrected chi connectivity index (χ0v) is 10.2. The summed E-state index contributed by atoms with van der Waals surface area (Å²) in [6, 6.07) is 0. The zero-order valence-electron chi connectivity index (χ0n) is 10.2. The lowest BCUT2D eigenvalue weighted by molar-refractivity contribution is -0.129. The third-order valence-corrected chi connectivity index (χ3v) is 3.11.